The fraction of sp³-hybridized carbons (Fsp3) is 0.667. The van der Waals surface area contributed by atoms with Crippen molar-refractivity contribution in [1.29, 1.82) is 0 Å². The highest BCUT2D eigenvalue weighted by Gasteiger charge is 2.35. The Morgan fingerprint density at radius 2 is 1.52 bits per heavy atom. The van der Waals surface area contributed by atoms with E-state index in [1.54, 1.807) is 0 Å². The van der Waals surface area contributed by atoms with E-state index in [4.69, 9.17) is 4.74 Å². The maximum Gasteiger partial charge on any atom is 0.127 e. The molecule has 3 rings (SSSR count). The van der Waals surface area contributed by atoms with Gasteiger partial charge in [0.25, 0.3) is 0 Å². The zero-order valence-electron chi connectivity index (χ0n) is 12.8. The number of hydrogen-bond acceptors (Lipinski definition) is 1. The van der Waals surface area contributed by atoms with Gasteiger partial charge in [-0.1, -0.05) is 51.8 Å². The lowest BCUT2D eigenvalue weighted by Gasteiger charge is -2.31. The van der Waals surface area contributed by atoms with Gasteiger partial charge in [-0.2, -0.15) is 0 Å². The van der Waals surface area contributed by atoms with Crippen molar-refractivity contribution in [2.24, 2.45) is 0 Å². The van der Waals surface area contributed by atoms with Crippen LogP contribution in [0.3, 0.4) is 0 Å². The lowest BCUT2D eigenvalue weighted by molar-refractivity contribution is 0.275. The Kier molecular flexibility index (Phi) is 5.52. The van der Waals surface area contributed by atoms with E-state index in [0.29, 0.717) is 0 Å². The molecule has 2 fully saturated rings. The number of alkyl halides is 1. The molecule has 21 heavy (non-hydrogen) atoms. The number of halogens is 1. The monoisotopic (exact) mass is 308 g/mol. The quantitative estimate of drug-likeness (QED) is 0.670. The van der Waals surface area contributed by atoms with E-state index in [9.17, 15) is 4.39 Å². The Labute approximate surface area is 129 Å². The van der Waals surface area contributed by atoms with Crippen LogP contribution in [0.4, 0.5) is 4.39 Å². The van der Waals surface area contributed by atoms with Crippen LogP contribution < -0.4 is 10.0 Å². The minimum Gasteiger partial charge on any atom is -0.490 e. The highest BCUT2D eigenvalue weighted by atomic mass is 31.1. The van der Waals surface area contributed by atoms with E-state index < -0.39 is 6.67 Å². The predicted octanol–water partition coefficient (Wildman–Crippen LogP) is 5.03. The van der Waals surface area contributed by atoms with Gasteiger partial charge in [0, 0.05) is 5.30 Å². The Morgan fingerprint density at radius 1 is 0.952 bits per heavy atom. The van der Waals surface area contributed by atoms with E-state index in [1.807, 2.05) is 12.1 Å². The third-order valence-electron chi connectivity index (χ3n) is 4.91. The zero-order chi connectivity index (χ0) is 14.5. The summed E-state index contributed by atoms with van der Waals surface area (Å²) < 4.78 is 18.2. The van der Waals surface area contributed by atoms with Gasteiger partial charge in [-0.15, -0.1) is 0 Å². The first kappa shape index (κ1) is 15.3. The average molecular weight is 308 g/mol. The maximum absolute atomic E-state index is 12.5. The molecule has 0 saturated heterocycles. The number of para-hydroxylation sites is 1. The van der Waals surface area contributed by atoms with Crippen LogP contribution in [-0.2, 0) is 0 Å². The first-order valence-corrected chi connectivity index (χ1v) is 9.94. The summed E-state index contributed by atoms with van der Waals surface area (Å²) in [5.74, 6) is 0.958. The molecule has 0 heterocycles. The molecule has 1 aromatic rings. The molecular weight excluding hydrogens is 282 g/mol. The Balaban J connectivity index is 1.87. The SMILES string of the molecule is FCCOc1ccccc1P(C1CCCC1)C1CCCC1. The van der Waals surface area contributed by atoms with Crippen molar-refractivity contribution in [3.05, 3.63) is 24.3 Å². The first-order valence-electron chi connectivity index (χ1n) is 8.46. The van der Waals surface area contributed by atoms with Crippen LogP contribution in [0.2, 0.25) is 0 Å². The number of rotatable bonds is 6. The molecule has 1 nitrogen and oxygen atoms in total. The second kappa shape index (κ2) is 7.58. The summed E-state index contributed by atoms with van der Waals surface area (Å²) in [6.45, 7) is -0.214. The molecule has 2 saturated carbocycles. The van der Waals surface area contributed by atoms with E-state index in [0.717, 1.165) is 17.1 Å². The van der Waals surface area contributed by atoms with Crippen LogP contribution in [0, 0.1) is 0 Å². The summed E-state index contributed by atoms with van der Waals surface area (Å²) in [5.41, 5.74) is 1.75. The summed E-state index contributed by atoms with van der Waals surface area (Å²) in [7, 11) is -0.143. The van der Waals surface area contributed by atoms with E-state index in [1.165, 1.54) is 56.7 Å². The van der Waals surface area contributed by atoms with Crippen LogP contribution in [0.15, 0.2) is 24.3 Å². The van der Waals surface area contributed by atoms with Crippen molar-refractivity contribution in [3.63, 3.8) is 0 Å². The molecule has 0 spiro atoms. The number of hydrogen-bond donors (Lipinski definition) is 0. The third-order valence-corrected chi connectivity index (χ3v) is 8.45. The van der Waals surface area contributed by atoms with Crippen LogP contribution >= 0.6 is 7.92 Å². The third kappa shape index (κ3) is 3.59. The van der Waals surface area contributed by atoms with Gasteiger partial charge in [-0.3, -0.25) is 0 Å². The van der Waals surface area contributed by atoms with Gasteiger partial charge >= 0.3 is 0 Å². The summed E-state index contributed by atoms with van der Waals surface area (Å²) >= 11 is 0. The minimum atomic E-state index is -0.404. The molecule has 0 atom stereocenters. The van der Waals surface area contributed by atoms with Gasteiger partial charge in [0.15, 0.2) is 0 Å². The van der Waals surface area contributed by atoms with Gasteiger partial charge in [-0.05, 0) is 43.1 Å². The summed E-state index contributed by atoms with van der Waals surface area (Å²) in [6, 6.07) is 8.46. The molecular formula is C18H26FOP. The lowest BCUT2D eigenvalue weighted by Crippen LogP contribution is -2.21. The predicted molar refractivity (Wildman–Crippen MR) is 89.0 cm³/mol. The normalized spacial score (nSPS) is 20.5. The van der Waals surface area contributed by atoms with E-state index in [2.05, 4.69) is 12.1 Å². The second-order valence-corrected chi connectivity index (χ2v) is 9.05. The van der Waals surface area contributed by atoms with Crippen molar-refractivity contribution in [3.8, 4) is 5.75 Å². The number of ether oxygens (including phenoxy) is 1. The molecule has 0 aromatic heterocycles. The van der Waals surface area contributed by atoms with Crippen LogP contribution in [0.1, 0.15) is 51.4 Å². The fourth-order valence-electron chi connectivity index (χ4n) is 4.00. The smallest absolute Gasteiger partial charge is 0.127 e. The van der Waals surface area contributed by atoms with Crippen LogP contribution in [-0.4, -0.2) is 24.6 Å². The molecule has 0 aliphatic heterocycles. The Morgan fingerprint density at radius 3 is 2.10 bits per heavy atom. The average Bonchev–Trinajstić information content (AvgIpc) is 3.20. The molecule has 1 aromatic carbocycles. The number of benzene rings is 1. The van der Waals surface area contributed by atoms with Crippen molar-refractivity contribution in [2.75, 3.05) is 13.3 Å². The molecule has 0 N–H and O–H groups in total. The molecule has 3 heteroatoms. The van der Waals surface area contributed by atoms with Gasteiger partial charge in [0.05, 0.1) is 0 Å². The van der Waals surface area contributed by atoms with Crippen molar-refractivity contribution >= 4 is 13.2 Å². The molecule has 116 valence electrons. The Hall–Kier alpha value is -0.620. The summed E-state index contributed by atoms with van der Waals surface area (Å²) in [4.78, 5) is 0. The largest absolute Gasteiger partial charge is 0.490 e. The summed E-state index contributed by atoms with van der Waals surface area (Å²) in [6.07, 6.45) is 11.1. The van der Waals surface area contributed by atoms with Crippen LogP contribution in [0.5, 0.6) is 5.75 Å². The molecule has 0 radical (unpaired) electrons. The maximum atomic E-state index is 12.5. The molecule has 0 amide bonds. The molecule has 0 bridgehead atoms. The minimum absolute atomic E-state index is 0.143. The van der Waals surface area contributed by atoms with E-state index >= 15 is 0 Å². The molecule has 2 aliphatic rings. The molecule has 2 aliphatic carbocycles. The molecule has 0 unspecified atom stereocenters. The van der Waals surface area contributed by atoms with Crippen LogP contribution in [0.25, 0.3) is 0 Å². The second-order valence-electron chi connectivity index (χ2n) is 6.29. The topological polar surface area (TPSA) is 9.23 Å². The van der Waals surface area contributed by atoms with Gasteiger partial charge in [-0.25, -0.2) is 4.39 Å². The van der Waals surface area contributed by atoms with Crippen molar-refractivity contribution in [2.45, 2.75) is 62.7 Å². The van der Waals surface area contributed by atoms with Gasteiger partial charge in [0.1, 0.15) is 19.0 Å². The van der Waals surface area contributed by atoms with Crippen molar-refractivity contribution in [1.82, 2.24) is 0 Å². The highest BCUT2D eigenvalue weighted by molar-refractivity contribution is 7.67. The van der Waals surface area contributed by atoms with E-state index in [-0.39, 0.29) is 14.5 Å². The zero-order valence-corrected chi connectivity index (χ0v) is 13.7. The van der Waals surface area contributed by atoms with Gasteiger partial charge in [0.2, 0.25) is 0 Å². The fourth-order valence-corrected chi connectivity index (χ4v) is 7.88. The first-order chi connectivity index (χ1) is 10.4. The Bertz CT molecular complexity index is 423. The standard InChI is InChI=1S/C18H26FOP/c19-13-14-20-17-11-5-6-12-18(17)21(15-7-1-2-8-15)16-9-3-4-10-16/h5-6,11-12,15-16H,1-4,7-10,13-14H2. The highest BCUT2D eigenvalue weighted by Crippen LogP contribution is 2.57. The lowest BCUT2D eigenvalue weighted by atomic mass is 10.3. The van der Waals surface area contributed by atoms with Gasteiger partial charge < -0.3 is 4.74 Å². The summed E-state index contributed by atoms with van der Waals surface area (Å²) in [5, 5.41) is 1.42. The van der Waals surface area contributed by atoms with Crippen molar-refractivity contribution < 1.29 is 9.13 Å².